The Morgan fingerprint density at radius 1 is 0.833 bits per heavy atom. The third-order valence-corrected chi connectivity index (χ3v) is 5.60. The zero-order valence-corrected chi connectivity index (χ0v) is 18.5. The van der Waals surface area contributed by atoms with E-state index in [1.165, 1.54) is 33.8 Å². The van der Waals surface area contributed by atoms with Crippen LogP contribution in [0, 0.1) is 41.5 Å². The number of anilines is 1. The van der Waals surface area contributed by atoms with Crippen LogP contribution < -0.4 is 5.43 Å². The van der Waals surface area contributed by atoms with Gasteiger partial charge in [-0.2, -0.15) is 5.10 Å². The van der Waals surface area contributed by atoms with Crippen molar-refractivity contribution < 1.29 is 0 Å². The van der Waals surface area contributed by atoms with Gasteiger partial charge in [-0.25, -0.2) is 4.98 Å². The quantitative estimate of drug-likeness (QED) is 0.324. The van der Waals surface area contributed by atoms with Gasteiger partial charge >= 0.3 is 0 Å². The number of hydrazone groups is 1. The minimum absolute atomic E-state index is 0.785. The summed E-state index contributed by atoms with van der Waals surface area (Å²) in [4.78, 5) is 4.75. The summed E-state index contributed by atoms with van der Waals surface area (Å²) in [5.41, 5.74) is 13.6. The number of benzene rings is 2. The number of nitrogens with zero attached hydrogens (tertiary/aromatic N) is 3. The number of hydrogen-bond acceptors (Lipinski definition) is 3. The minimum atomic E-state index is 0.785. The van der Waals surface area contributed by atoms with E-state index < -0.39 is 0 Å². The molecule has 152 valence electrons. The van der Waals surface area contributed by atoms with Crippen molar-refractivity contribution in [2.75, 3.05) is 5.43 Å². The van der Waals surface area contributed by atoms with E-state index in [1.54, 1.807) is 0 Å². The van der Waals surface area contributed by atoms with Crippen molar-refractivity contribution in [2.24, 2.45) is 5.10 Å². The molecule has 0 aliphatic heterocycles. The molecule has 0 aliphatic rings. The van der Waals surface area contributed by atoms with Crippen LogP contribution in [0.2, 0.25) is 0 Å². The fourth-order valence-electron chi connectivity index (χ4n) is 4.00. The largest absolute Gasteiger partial charge is 0.318 e. The molecule has 4 aromatic rings. The summed E-state index contributed by atoms with van der Waals surface area (Å²) in [6, 6.07) is 17.2. The van der Waals surface area contributed by atoms with Gasteiger partial charge in [0, 0.05) is 28.0 Å². The molecule has 0 unspecified atom stereocenters. The first-order valence-electron chi connectivity index (χ1n) is 10.3. The Bertz CT molecular complexity index is 1280. The summed E-state index contributed by atoms with van der Waals surface area (Å²) >= 11 is 0. The molecule has 4 heteroatoms. The highest BCUT2D eigenvalue weighted by atomic mass is 15.3. The van der Waals surface area contributed by atoms with Crippen LogP contribution in [0.5, 0.6) is 0 Å². The molecule has 0 spiro atoms. The molecule has 2 aromatic heterocycles. The van der Waals surface area contributed by atoms with Crippen molar-refractivity contribution in [2.45, 2.75) is 41.5 Å². The molecule has 2 heterocycles. The average molecular weight is 397 g/mol. The minimum Gasteiger partial charge on any atom is -0.318 e. The number of aromatic nitrogens is 2. The van der Waals surface area contributed by atoms with E-state index in [2.05, 4.69) is 105 Å². The lowest BCUT2D eigenvalue weighted by Crippen LogP contribution is -2.02. The molecule has 0 bridgehead atoms. The molecule has 1 N–H and O–H groups in total. The molecule has 2 aromatic carbocycles. The molecule has 0 saturated carbocycles. The van der Waals surface area contributed by atoms with Crippen molar-refractivity contribution in [3.8, 4) is 5.69 Å². The Hall–Kier alpha value is -3.40. The van der Waals surface area contributed by atoms with Gasteiger partial charge in [-0.05, 0) is 82.5 Å². The topological polar surface area (TPSA) is 42.2 Å². The molecule has 4 nitrogen and oxygen atoms in total. The zero-order valence-electron chi connectivity index (χ0n) is 18.5. The second kappa shape index (κ2) is 7.79. The molecule has 0 amide bonds. The summed E-state index contributed by atoms with van der Waals surface area (Å²) in [6.07, 6.45) is 1.88. The highest BCUT2D eigenvalue weighted by molar-refractivity contribution is 5.84. The number of pyridine rings is 1. The van der Waals surface area contributed by atoms with Crippen LogP contribution in [0.25, 0.3) is 16.6 Å². The smallest absolute Gasteiger partial charge is 0.149 e. The maximum Gasteiger partial charge on any atom is 0.149 e. The van der Waals surface area contributed by atoms with Gasteiger partial charge in [0.05, 0.1) is 11.7 Å². The highest BCUT2D eigenvalue weighted by Crippen LogP contribution is 2.24. The second-order valence-corrected chi connectivity index (χ2v) is 8.17. The summed E-state index contributed by atoms with van der Waals surface area (Å²) in [7, 11) is 0. The van der Waals surface area contributed by atoms with Gasteiger partial charge in [0.15, 0.2) is 0 Å². The molecule has 0 saturated heterocycles. The van der Waals surface area contributed by atoms with Gasteiger partial charge in [0.1, 0.15) is 5.82 Å². The van der Waals surface area contributed by atoms with Crippen molar-refractivity contribution in [1.29, 1.82) is 0 Å². The summed E-state index contributed by atoms with van der Waals surface area (Å²) < 4.78 is 2.29. The van der Waals surface area contributed by atoms with Crippen molar-refractivity contribution in [3.05, 3.63) is 87.7 Å². The van der Waals surface area contributed by atoms with E-state index in [4.69, 9.17) is 4.98 Å². The lowest BCUT2D eigenvalue weighted by atomic mass is 10.1. The Labute approximate surface area is 178 Å². The highest BCUT2D eigenvalue weighted by Gasteiger charge is 2.11. The molecular formula is C26H28N4. The van der Waals surface area contributed by atoms with Gasteiger partial charge in [-0.1, -0.05) is 29.8 Å². The molecule has 30 heavy (non-hydrogen) atoms. The van der Waals surface area contributed by atoms with E-state index in [0.29, 0.717) is 0 Å². The third-order valence-electron chi connectivity index (χ3n) is 5.60. The summed E-state index contributed by atoms with van der Waals surface area (Å²) in [5, 5.41) is 5.64. The number of aryl methyl sites for hydroxylation is 5. The number of rotatable bonds is 4. The Balaban J connectivity index is 1.62. The number of nitrogens with one attached hydrogen (secondary N) is 1. The molecule has 0 atom stereocenters. The maximum absolute atomic E-state index is 4.75. The molecule has 0 radical (unpaired) electrons. The SMILES string of the molecule is Cc1ccc(-n2c(C)cc(/C=N\Nc3nc4cc(C)ccc4cc3C)c2C)c(C)c1. The second-order valence-electron chi connectivity index (χ2n) is 8.17. The maximum atomic E-state index is 4.75. The standard InChI is InChI=1S/C26H28N4/c1-16-8-10-25(18(3)11-16)30-20(5)14-23(21(30)6)15-27-29-26-19(4)13-22-9-7-17(2)12-24(22)28-26/h7-15H,1-6H3,(H,28,29)/b27-15-. The van der Waals surface area contributed by atoms with Crippen LogP contribution in [0.4, 0.5) is 5.82 Å². The van der Waals surface area contributed by atoms with E-state index in [-0.39, 0.29) is 0 Å². The molecule has 0 aliphatic carbocycles. The first kappa shape index (κ1) is 19.9. The van der Waals surface area contributed by atoms with Gasteiger partial charge in [0.25, 0.3) is 0 Å². The van der Waals surface area contributed by atoms with Crippen LogP contribution in [0.3, 0.4) is 0 Å². The first-order chi connectivity index (χ1) is 14.3. The fraction of sp³-hybridized carbons (Fsp3) is 0.231. The predicted octanol–water partition coefficient (Wildman–Crippen LogP) is 6.32. The van der Waals surface area contributed by atoms with Crippen LogP contribution in [-0.2, 0) is 0 Å². The van der Waals surface area contributed by atoms with Crippen LogP contribution in [-0.4, -0.2) is 15.8 Å². The number of hydrogen-bond donors (Lipinski definition) is 1. The number of fused-ring (bicyclic) bond motifs is 1. The van der Waals surface area contributed by atoms with E-state index in [1.807, 2.05) is 6.21 Å². The van der Waals surface area contributed by atoms with Gasteiger partial charge in [-0.15, -0.1) is 0 Å². The Morgan fingerprint density at radius 3 is 2.33 bits per heavy atom. The monoisotopic (exact) mass is 396 g/mol. The lowest BCUT2D eigenvalue weighted by Gasteiger charge is -2.13. The summed E-state index contributed by atoms with van der Waals surface area (Å²) in [5.74, 6) is 0.785. The predicted molar refractivity (Wildman–Crippen MR) is 127 cm³/mol. The van der Waals surface area contributed by atoms with E-state index >= 15 is 0 Å². The third kappa shape index (κ3) is 3.73. The van der Waals surface area contributed by atoms with Crippen molar-refractivity contribution in [3.63, 3.8) is 0 Å². The average Bonchev–Trinajstić information content (AvgIpc) is 2.96. The van der Waals surface area contributed by atoms with Gasteiger partial charge in [0.2, 0.25) is 0 Å². The lowest BCUT2D eigenvalue weighted by molar-refractivity contribution is 0.953. The van der Waals surface area contributed by atoms with E-state index in [9.17, 15) is 0 Å². The van der Waals surface area contributed by atoms with Crippen molar-refractivity contribution >= 4 is 22.9 Å². The molecular weight excluding hydrogens is 368 g/mol. The Morgan fingerprint density at radius 2 is 1.57 bits per heavy atom. The van der Waals surface area contributed by atoms with Crippen LogP contribution in [0.15, 0.2) is 53.6 Å². The normalized spacial score (nSPS) is 11.5. The molecule has 0 fully saturated rings. The zero-order chi connectivity index (χ0) is 21.4. The van der Waals surface area contributed by atoms with Crippen LogP contribution in [0.1, 0.15) is 39.2 Å². The fourth-order valence-corrected chi connectivity index (χ4v) is 4.00. The summed E-state index contributed by atoms with van der Waals surface area (Å²) in [6.45, 7) is 12.7. The first-order valence-corrected chi connectivity index (χ1v) is 10.3. The van der Waals surface area contributed by atoms with Gasteiger partial charge in [-0.3, -0.25) is 5.43 Å². The van der Waals surface area contributed by atoms with Gasteiger partial charge < -0.3 is 4.57 Å². The van der Waals surface area contributed by atoms with Crippen molar-refractivity contribution in [1.82, 2.24) is 9.55 Å². The molecule has 4 rings (SSSR count). The van der Waals surface area contributed by atoms with E-state index in [0.717, 1.165) is 27.8 Å². The van der Waals surface area contributed by atoms with Crippen LogP contribution >= 0.6 is 0 Å². The Kier molecular flexibility index (Phi) is 5.17.